The number of nitrogen functional groups attached to an aromatic ring is 1. The van der Waals surface area contributed by atoms with E-state index < -0.39 is 0 Å². The van der Waals surface area contributed by atoms with Gasteiger partial charge in [0, 0.05) is 12.1 Å². The highest BCUT2D eigenvalue weighted by molar-refractivity contribution is 5.77. The minimum absolute atomic E-state index is 0.203. The van der Waals surface area contributed by atoms with Gasteiger partial charge >= 0.3 is 0 Å². The zero-order valence-corrected chi connectivity index (χ0v) is 13.2. The maximum atomic E-state index is 12.3. The minimum atomic E-state index is -0.261. The summed E-state index contributed by atoms with van der Waals surface area (Å²) in [5.74, 6) is 0. The molecule has 0 aliphatic carbocycles. The van der Waals surface area contributed by atoms with Crippen LogP contribution in [-0.4, -0.2) is 20.0 Å². The van der Waals surface area contributed by atoms with E-state index in [-0.39, 0.29) is 11.2 Å². The third-order valence-corrected chi connectivity index (χ3v) is 3.72. The van der Waals surface area contributed by atoms with Crippen molar-refractivity contribution in [1.29, 1.82) is 0 Å². The number of nitrogens with two attached hydrogens (primary N) is 1. The van der Waals surface area contributed by atoms with Crippen LogP contribution in [0.4, 0.5) is 5.69 Å². The fraction of sp³-hybridized carbons (Fsp3) is 0.235. The Labute approximate surface area is 134 Å². The van der Waals surface area contributed by atoms with Gasteiger partial charge in [0.2, 0.25) is 0 Å². The van der Waals surface area contributed by atoms with Crippen LogP contribution in [0.25, 0.3) is 22.5 Å². The molecule has 2 aromatic heterocycles. The molecule has 6 nitrogen and oxygen atoms in total. The van der Waals surface area contributed by atoms with Crippen LogP contribution < -0.4 is 11.3 Å². The number of hydrogen-bond acceptors (Lipinski definition) is 4. The van der Waals surface area contributed by atoms with E-state index in [0.717, 1.165) is 17.7 Å². The van der Waals surface area contributed by atoms with E-state index in [2.05, 4.69) is 15.3 Å². The molecule has 0 fully saturated rings. The van der Waals surface area contributed by atoms with Gasteiger partial charge in [-0.3, -0.25) is 9.89 Å². The number of aromatic amines is 1. The molecule has 118 valence electrons. The molecular formula is C17H19N5O. The number of hydrogen-bond donors (Lipinski definition) is 2. The minimum Gasteiger partial charge on any atom is -0.394 e. The Morgan fingerprint density at radius 2 is 2.00 bits per heavy atom. The Balaban J connectivity index is 2.08. The summed E-state index contributed by atoms with van der Waals surface area (Å²) in [5, 5.41) is 11.6. The topological polar surface area (TPSA) is 89.6 Å². The summed E-state index contributed by atoms with van der Waals surface area (Å²) in [6.07, 6.45) is 0.827. The Hall–Kier alpha value is -2.89. The van der Waals surface area contributed by atoms with E-state index in [1.165, 1.54) is 4.68 Å². The first-order valence-electron chi connectivity index (χ1n) is 7.60. The number of aromatic nitrogens is 4. The Morgan fingerprint density at radius 1 is 1.26 bits per heavy atom. The summed E-state index contributed by atoms with van der Waals surface area (Å²) in [7, 11) is 0. The summed E-state index contributed by atoms with van der Waals surface area (Å²) in [5.41, 5.74) is 9.85. The van der Waals surface area contributed by atoms with Crippen molar-refractivity contribution in [2.45, 2.75) is 26.8 Å². The SMILES string of the molecule is CCCn1nc(C)c(-c2cc(-c3ccccc3)n[nH]2)c(N)c1=O. The Bertz CT molecular complexity index is 880. The van der Waals surface area contributed by atoms with Crippen LogP contribution in [0.3, 0.4) is 0 Å². The van der Waals surface area contributed by atoms with Crippen LogP contribution >= 0.6 is 0 Å². The van der Waals surface area contributed by atoms with Crippen molar-refractivity contribution < 1.29 is 0 Å². The Kier molecular flexibility index (Phi) is 3.97. The highest BCUT2D eigenvalue weighted by Gasteiger charge is 2.16. The van der Waals surface area contributed by atoms with Gasteiger partial charge in [0.25, 0.3) is 5.56 Å². The van der Waals surface area contributed by atoms with E-state index in [9.17, 15) is 4.79 Å². The molecular weight excluding hydrogens is 290 g/mol. The molecule has 23 heavy (non-hydrogen) atoms. The van der Waals surface area contributed by atoms with Crippen LogP contribution in [0.1, 0.15) is 19.0 Å². The molecule has 0 aliphatic heterocycles. The summed E-state index contributed by atoms with van der Waals surface area (Å²) in [6, 6.07) is 11.7. The van der Waals surface area contributed by atoms with Gasteiger partial charge in [-0.25, -0.2) is 4.68 Å². The van der Waals surface area contributed by atoms with Crippen LogP contribution in [0.5, 0.6) is 0 Å². The van der Waals surface area contributed by atoms with Gasteiger partial charge < -0.3 is 5.73 Å². The molecule has 1 aromatic carbocycles. The largest absolute Gasteiger partial charge is 0.394 e. The first-order chi connectivity index (χ1) is 11.1. The number of benzene rings is 1. The van der Waals surface area contributed by atoms with Crippen LogP contribution in [0.2, 0.25) is 0 Å². The van der Waals surface area contributed by atoms with Crippen LogP contribution in [0.15, 0.2) is 41.2 Å². The number of nitrogens with one attached hydrogen (secondary N) is 1. The van der Waals surface area contributed by atoms with E-state index in [1.54, 1.807) is 0 Å². The normalized spacial score (nSPS) is 10.9. The summed E-state index contributed by atoms with van der Waals surface area (Å²) in [6.45, 7) is 4.40. The molecule has 0 aliphatic rings. The summed E-state index contributed by atoms with van der Waals surface area (Å²) < 4.78 is 1.42. The molecule has 0 amide bonds. The van der Waals surface area contributed by atoms with Gasteiger partial charge in [-0.2, -0.15) is 10.2 Å². The number of anilines is 1. The maximum absolute atomic E-state index is 12.3. The average Bonchev–Trinajstić information content (AvgIpc) is 3.03. The first kappa shape index (κ1) is 15.0. The van der Waals surface area contributed by atoms with Crippen molar-refractivity contribution in [2.24, 2.45) is 0 Å². The highest BCUT2D eigenvalue weighted by atomic mass is 16.1. The molecule has 0 bridgehead atoms. The van der Waals surface area contributed by atoms with Crippen molar-refractivity contribution in [2.75, 3.05) is 5.73 Å². The van der Waals surface area contributed by atoms with Gasteiger partial charge in [0.05, 0.1) is 22.6 Å². The predicted octanol–water partition coefficient (Wildman–Crippen LogP) is 2.60. The maximum Gasteiger partial charge on any atom is 0.290 e. The molecule has 0 atom stereocenters. The fourth-order valence-electron chi connectivity index (χ4n) is 2.63. The molecule has 3 N–H and O–H groups in total. The second-order valence-corrected chi connectivity index (χ2v) is 5.44. The molecule has 0 unspecified atom stereocenters. The van der Waals surface area contributed by atoms with E-state index in [4.69, 9.17) is 5.73 Å². The predicted molar refractivity (Wildman–Crippen MR) is 91.0 cm³/mol. The first-order valence-corrected chi connectivity index (χ1v) is 7.60. The van der Waals surface area contributed by atoms with Crippen molar-refractivity contribution in [1.82, 2.24) is 20.0 Å². The van der Waals surface area contributed by atoms with E-state index in [1.807, 2.05) is 50.2 Å². The second kappa shape index (κ2) is 6.08. The number of nitrogens with zero attached hydrogens (tertiary/aromatic N) is 3. The van der Waals surface area contributed by atoms with Crippen molar-refractivity contribution in [3.05, 3.63) is 52.4 Å². The lowest BCUT2D eigenvalue weighted by Gasteiger charge is -2.10. The molecule has 3 aromatic rings. The van der Waals surface area contributed by atoms with Crippen LogP contribution in [0, 0.1) is 6.92 Å². The van der Waals surface area contributed by atoms with Crippen molar-refractivity contribution in [3.63, 3.8) is 0 Å². The molecule has 3 rings (SSSR count). The van der Waals surface area contributed by atoms with Crippen LogP contribution in [-0.2, 0) is 6.54 Å². The Morgan fingerprint density at radius 3 is 2.70 bits per heavy atom. The summed E-state index contributed by atoms with van der Waals surface area (Å²) in [4.78, 5) is 12.3. The number of H-pyrrole nitrogens is 1. The lowest BCUT2D eigenvalue weighted by atomic mass is 10.1. The van der Waals surface area contributed by atoms with Gasteiger partial charge in [-0.1, -0.05) is 37.3 Å². The molecule has 0 radical (unpaired) electrons. The number of rotatable bonds is 4. The molecule has 6 heteroatoms. The second-order valence-electron chi connectivity index (χ2n) is 5.44. The zero-order chi connectivity index (χ0) is 16.4. The van der Waals surface area contributed by atoms with Crippen molar-refractivity contribution >= 4 is 5.69 Å². The lowest BCUT2D eigenvalue weighted by molar-refractivity contribution is 0.563. The van der Waals surface area contributed by atoms with E-state index in [0.29, 0.717) is 23.5 Å². The molecule has 0 spiro atoms. The third kappa shape index (κ3) is 2.75. The van der Waals surface area contributed by atoms with Gasteiger partial charge in [-0.05, 0) is 19.4 Å². The smallest absolute Gasteiger partial charge is 0.290 e. The zero-order valence-electron chi connectivity index (χ0n) is 13.2. The monoisotopic (exact) mass is 309 g/mol. The number of aryl methyl sites for hydroxylation is 2. The average molecular weight is 309 g/mol. The molecule has 0 saturated carbocycles. The standard InChI is InChI=1S/C17H19N5O/c1-3-9-22-17(23)16(18)15(11(2)21-22)14-10-13(19-20-14)12-7-5-4-6-8-12/h4-8,10H,3,9,18H2,1-2H3,(H,19,20). The van der Waals surface area contributed by atoms with Crippen molar-refractivity contribution in [3.8, 4) is 22.5 Å². The quantitative estimate of drug-likeness (QED) is 0.775. The van der Waals surface area contributed by atoms with Gasteiger partial charge in [0.1, 0.15) is 5.69 Å². The van der Waals surface area contributed by atoms with Gasteiger partial charge in [0.15, 0.2) is 0 Å². The van der Waals surface area contributed by atoms with E-state index >= 15 is 0 Å². The molecule has 0 saturated heterocycles. The summed E-state index contributed by atoms with van der Waals surface area (Å²) >= 11 is 0. The fourth-order valence-corrected chi connectivity index (χ4v) is 2.63. The molecule has 2 heterocycles. The lowest BCUT2D eigenvalue weighted by Crippen LogP contribution is -2.27. The highest BCUT2D eigenvalue weighted by Crippen LogP contribution is 2.27. The van der Waals surface area contributed by atoms with Gasteiger partial charge in [-0.15, -0.1) is 0 Å². The third-order valence-electron chi connectivity index (χ3n) is 3.72.